The van der Waals surface area contributed by atoms with Crippen molar-refractivity contribution in [1.82, 2.24) is 4.98 Å². The number of oxazole rings is 1. The van der Waals surface area contributed by atoms with Crippen LogP contribution < -0.4 is 0 Å². The molecule has 0 aliphatic heterocycles. The molecule has 0 spiro atoms. The fourth-order valence-electron chi connectivity index (χ4n) is 3.16. The fourth-order valence-corrected chi connectivity index (χ4v) is 3.90. The van der Waals surface area contributed by atoms with Gasteiger partial charge in [0.2, 0.25) is 5.89 Å². The first-order chi connectivity index (χ1) is 13.7. The van der Waals surface area contributed by atoms with E-state index >= 15 is 0 Å². The third-order valence-electron chi connectivity index (χ3n) is 4.74. The molecule has 0 aliphatic rings. The summed E-state index contributed by atoms with van der Waals surface area (Å²) >= 11 is 1.75. The predicted molar refractivity (Wildman–Crippen MR) is 113 cm³/mol. The number of hydrogen-bond acceptors (Lipinski definition) is 4. The number of carbonyl (C=O) groups is 1. The number of aromatic nitrogens is 1. The third-order valence-corrected chi connectivity index (χ3v) is 5.61. The van der Waals surface area contributed by atoms with Crippen LogP contribution in [0.3, 0.4) is 0 Å². The maximum absolute atomic E-state index is 12.6. The van der Waals surface area contributed by atoms with Crippen molar-refractivity contribution in [3.05, 3.63) is 99.6 Å². The number of rotatable bonds is 7. The number of nitrogens with zero attached hydrogens (tertiary/aromatic N) is 1. The van der Waals surface area contributed by atoms with Gasteiger partial charge in [-0.1, -0.05) is 48.5 Å². The highest BCUT2D eigenvalue weighted by Gasteiger charge is 2.14. The molecule has 140 valence electrons. The number of aryl methyl sites for hydroxylation is 2. The van der Waals surface area contributed by atoms with Crippen LogP contribution in [0.1, 0.15) is 38.7 Å². The minimum atomic E-state index is 0.131. The lowest BCUT2D eigenvalue weighted by Crippen LogP contribution is -2.02. The average Bonchev–Trinajstić information content (AvgIpc) is 3.37. The lowest BCUT2D eigenvalue weighted by atomic mass is 10.0. The van der Waals surface area contributed by atoms with Gasteiger partial charge in [0, 0.05) is 35.3 Å². The van der Waals surface area contributed by atoms with E-state index in [1.807, 2.05) is 61.5 Å². The SMILES string of the molecule is Cc1oc(-c2ccccc2)nc1CCC(=O)c1ccc(Cc2cccs2)cc1. The molecule has 2 heterocycles. The highest BCUT2D eigenvalue weighted by molar-refractivity contribution is 7.09. The summed E-state index contributed by atoms with van der Waals surface area (Å²) in [7, 11) is 0. The third kappa shape index (κ3) is 4.29. The smallest absolute Gasteiger partial charge is 0.226 e. The van der Waals surface area contributed by atoms with Crippen LogP contribution in [0.4, 0.5) is 0 Å². The van der Waals surface area contributed by atoms with E-state index in [-0.39, 0.29) is 5.78 Å². The number of ketones is 1. The van der Waals surface area contributed by atoms with Crippen LogP contribution in [0.25, 0.3) is 11.5 Å². The minimum Gasteiger partial charge on any atom is -0.441 e. The van der Waals surface area contributed by atoms with Crippen LogP contribution in [0.5, 0.6) is 0 Å². The summed E-state index contributed by atoms with van der Waals surface area (Å²) in [6.07, 6.45) is 1.91. The van der Waals surface area contributed by atoms with Crippen LogP contribution in [0.15, 0.2) is 76.5 Å². The highest BCUT2D eigenvalue weighted by atomic mass is 32.1. The van der Waals surface area contributed by atoms with Crippen molar-refractivity contribution in [2.75, 3.05) is 0 Å². The summed E-state index contributed by atoms with van der Waals surface area (Å²) in [5, 5.41) is 2.09. The molecule has 4 rings (SSSR count). The molecular weight excluding hydrogens is 366 g/mol. The summed E-state index contributed by atoms with van der Waals surface area (Å²) in [6, 6.07) is 22.0. The van der Waals surface area contributed by atoms with Crippen LogP contribution in [0, 0.1) is 6.92 Å². The monoisotopic (exact) mass is 387 g/mol. The normalized spacial score (nSPS) is 10.9. The second-order valence-corrected chi connectivity index (χ2v) is 7.80. The van der Waals surface area contributed by atoms with Crippen molar-refractivity contribution in [2.45, 2.75) is 26.2 Å². The lowest BCUT2D eigenvalue weighted by Gasteiger charge is -2.03. The lowest BCUT2D eigenvalue weighted by molar-refractivity contribution is 0.0982. The number of benzene rings is 2. The van der Waals surface area contributed by atoms with Gasteiger partial charge in [-0.2, -0.15) is 0 Å². The van der Waals surface area contributed by atoms with E-state index in [0.29, 0.717) is 18.7 Å². The Balaban J connectivity index is 1.38. The zero-order valence-corrected chi connectivity index (χ0v) is 16.5. The standard InChI is InChI=1S/C24H21NO2S/c1-17-22(25-24(27-17)20-6-3-2-4-7-20)13-14-23(26)19-11-9-18(10-12-19)16-21-8-5-15-28-21/h2-12,15H,13-14,16H2,1H3. The molecule has 0 amide bonds. The molecule has 0 bridgehead atoms. The number of thiophene rings is 1. The minimum absolute atomic E-state index is 0.131. The Morgan fingerprint density at radius 1 is 1.00 bits per heavy atom. The van der Waals surface area contributed by atoms with E-state index in [9.17, 15) is 4.79 Å². The van der Waals surface area contributed by atoms with Crippen LogP contribution in [0.2, 0.25) is 0 Å². The van der Waals surface area contributed by atoms with Crippen molar-refractivity contribution in [3.63, 3.8) is 0 Å². The molecule has 0 N–H and O–H groups in total. The maximum atomic E-state index is 12.6. The van der Waals surface area contributed by atoms with Gasteiger partial charge in [-0.3, -0.25) is 4.79 Å². The molecule has 3 nitrogen and oxygen atoms in total. The Labute approximate surface area is 168 Å². The zero-order chi connectivity index (χ0) is 19.3. The second-order valence-electron chi connectivity index (χ2n) is 6.76. The van der Waals surface area contributed by atoms with Gasteiger partial charge in [0.05, 0.1) is 5.69 Å². The molecule has 0 saturated carbocycles. The molecule has 0 aliphatic carbocycles. The first-order valence-electron chi connectivity index (χ1n) is 9.35. The molecular formula is C24H21NO2S. The Kier molecular flexibility index (Phi) is 5.49. The molecule has 0 unspecified atom stereocenters. The first kappa shape index (κ1) is 18.4. The summed E-state index contributed by atoms with van der Waals surface area (Å²) in [5.41, 5.74) is 3.77. The molecule has 0 atom stereocenters. The Morgan fingerprint density at radius 3 is 2.50 bits per heavy atom. The van der Waals surface area contributed by atoms with Gasteiger partial charge in [0.1, 0.15) is 5.76 Å². The van der Waals surface area contributed by atoms with E-state index in [4.69, 9.17) is 4.42 Å². The van der Waals surface area contributed by atoms with Crippen molar-refractivity contribution in [3.8, 4) is 11.5 Å². The molecule has 0 fully saturated rings. The first-order valence-corrected chi connectivity index (χ1v) is 10.2. The van der Waals surface area contributed by atoms with Gasteiger partial charge in [-0.05, 0) is 36.1 Å². The average molecular weight is 388 g/mol. The fraction of sp³-hybridized carbons (Fsp3) is 0.167. The molecule has 28 heavy (non-hydrogen) atoms. The zero-order valence-electron chi connectivity index (χ0n) is 15.7. The van der Waals surface area contributed by atoms with Gasteiger partial charge in [-0.25, -0.2) is 4.98 Å². The second kappa shape index (κ2) is 8.36. The predicted octanol–water partition coefficient (Wildman–Crippen LogP) is 6.12. The number of carbonyl (C=O) groups excluding carboxylic acids is 1. The number of hydrogen-bond donors (Lipinski definition) is 0. The van der Waals surface area contributed by atoms with E-state index in [0.717, 1.165) is 29.0 Å². The Bertz CT molecular complexity index is 1050. The summed E-state index contributed by atoms with van der Waals surface area (Å²) < 4.78 is 5.78. The van der Waals surface area contributed by atoms with Crippen LogP contribution >= 0.6 is 11.3 Å². The van der Waals surface area contributed by atoms with Crippen LogP contribution in [-0.2, 0) is 12.8 Å². The maximum Gasteiger partial charge on any atom is 0.226 e. The largest absolute Gasteiger partial charge is 0.441 e. The van der Waals surface area contributed by atoms with Gasteiger partial charge in [0.15, 0.2) is 5.78 Å². The summed E-state index contributed by atoms with van der Waals surface area (Å²) in [5.74, 6) is 1.52. The molecule has 0 radical (unpaired) electrons. The molecule has 0 saturated heterocycles. The van der Waals surface area contributed by atoms with E-state index in [1.54, 1.807) is 11.3 Å². The van der Waals surface area contributed by atoms with Gasteiger partial charge < -0.3 is 4.42 Å². The van der Waals surface area contributed by atoms with Crippen molar-refractivity contribution < 1.29 is 9.21 Å². The van der Waals surface area contributed by atoms with E-state index in [1.165, 1.54) is 10.4 Å². The Hall–Kier alpha value is -2.98. The molecule has 2 aromatic carbocycles. The molecule has 2 aromatic heterocycles. The highest BCUT2D eigenvalue weighted by Crippen LogP contribution is 2.23. The topological polar surface area (TPSA) is 43.1 Å². The molecule has 4 heteroatoms. The van der Waals surface area contributed by atoms with Crippen molar-refractivity contribution in [1.29, 1.82) is 0 Å². The van der Waals surface area contributed by atoms with Crippen molar-refractivity contribution >= 4 is 17.1 Å². The van der Waals surface area contributed by atoms with Gasteiger partial charge in [0.25, 0.3) is 0 Å². The van der Waals surface area contributed by atoms with Gasteiger partial charge >= 0.3 is 0 Å². The quantitative estimate of drug-likeness (QED) is 0.359. The summed E-state index contributed by atoms with van der Waals surface area (Å²) in [6.45, 7) is 1.90. The van der Waals surface area contributed by atoms with Gasteiger partial charge in [-0.15, -0.1) is 11.3 Å². The van der Waals surface area contributed by atoms with Crippen molar-refractivity contribution in [2.24, 2.45) is 0 Å². The number of Topliss-reactive ketones (excluding diaryl/α,β-unsaturated/α-hetero) is 1. The van der Waals surface area contributed by atoms with E-state index in [2.05, 4.69) is 22.5 Å². The van der Waals surface area contributed by atoms with Crippen LogP contribution in [-0.4, -0.2) is 10.8 Å². The molecule has 4 aromatic rings. The summed E-state index contributed by atoms with van der Waals surface area (Å²) in [4.78, 5) is 18.5. The Morgan fingerprint density at radius 2 is 1.79 bits per heavy atom. The van der Waals surface area contributed by atoms with E-state index < -0.39 is 0 Å².